The number of carbonyl (C=O) groups excluding carboxylic acids is 2. The zero-order chi connectivity index (χ0) is 31.9. The molecular weight excluding hydrogens is 602 g/mol. The van der Waals surface area contributed by atoms with E-state index in [1.54, 1.807) is 35.2 Å². The van der Waals surface area contributed by atoms with E-state index in [2.05, 4.69) is 5.32 Å². The molecule has 0 saturated carbocycles. The van der Waals surface area contributed by atoms with Gasteiger partial charge in [0.25, 0.3) is 15.9 Å². The van der Waals surface area contributed by atoms with Crippen LogP contribution in [0.1, 0.15) is 47.7 Å². The largest absolute Gasteiger partial charge is 0.421 e. The lowest BCUT2D eigenvalue weighted by atomic mass is 9.89. The Kier molecular flexibility index (Phi) is 8.47. The molecule has 2 N–H and O–H groups in total. The minimum absolute atomic E-state index is 0.0783. The third-order valence-electron chi connectivity index (χ3n) is 8.20. The van der Waals surface area contributed by atoms with Gasteiger partial charge in [0.15, 0.2) is 5.60 Å². The highest BCUT2D eigenvalue weighted by atomic mass is 32.2. The zero-order valence-corrected chi connectivity index (χ0v) is 24.5. The summed E-state index contributed by atoms with van der Waals surface area (Å²) in [5.41, 5.74) is -2.80. The van der Waals surface area contributed by atoms with Crippen LogP contribution >= 0.6 is 0 Å². The van der Waals surface area contributed by atoms with Crippen LogP contribution in [0.5, 0.6) is 0 Å². The summed E-state index contributed by atoms with van der Waals surface area (Å²) < 4.78 is 83.2. The summed E-state index contributed by atoms with van der Waals surface area (Å²) in [6.45, 7) is 1.21. The maximum atomic E-state index is 13.9. The molecule has 3 aromatic carbocycles. The van der Waals surface area contributed by atoms with Crippen molar-refractivity contribution >= 4 is 27.5 Å². The average molecular weight is 634 g/mol. The topological polar surface area (TPSA) is 107 Å². The number of anilines is 1. The monoisotopic (exact) mass is 633 g/mol. The zero-order valence-electron chi connectivity index (χ0n) is 23.7. The first-order valence-corrected chi connectivity index (χ1v) is 15.5. The number of alkyl halides is 3. The lowest BCUT2D eigenvalue weighted by Gasteiger charge is -2.39. The van der Waals surface area contributed by atoms with Crippen molar-refractivity contribution in [1.29, 1.82) is 0 Å². The Labute approximate surface area is 252 Å². The van der Waals surface area contributed by atoms with Gasteiger partial charge in [-0.15, -0.1) is 0 Å². The van der Waals surface area contributed by atoms with Crippen molar-refractivity contribution in [1.82, 2.24) is 10.2 Å². The van der Waals surface area contributed by atoms with Crippen molar-refractivity contribution in [3.63, 3.8) is 0 Å². The van der Waals surface area contributed by atoms with E-state index in [0.717, 1.165) is 40.7 Å². The SMILES string of the molecule is CC(O)(c1ccc2c(c1)CC[C@@H](CC(=O)N1CCC(NC(=O)c3ccccc3)C1)N2S(=O)(=O)c1ccc(F)cc1)C(F)(F)F. The highest BCUT2D eigenvalue weighted by molar-refractivity contribution is 7.92. The van der Waals surface area contributed by atoms with E-state index in [-0.39, 0.29) is 59.8 Å². The molecule has 5 rings (SSSR count). The van der Waals surface area contributed by atoms with E-state index < -0.39 is 39.2 Å². The van der Waals surface area contributed by atoms with Crippen molar-refractivity contribution in [3.8, 4) is 0 Å². The molecule has 2 unspecified atom stereocenters. The Hall–Kier alpha value is -3.97. The van der Waals surface area contributed by atoms with Crippen LogP contribution < -0.4 is 9.62 Å². The van der Waals surface area contributed by atoms with E-state index in [4.69, 9.17) is 0 Å². The molecule has 44 heavy (non-hydrogen) atoms. The van der Waals surface area contributed by atoms with E-state index >= 15 is 0 Å². The number of rotatable bonds is 7. The number of hydrogen-bond acceptors (Lipinski definition) is 5. The number of halogens is 4. The number of nitrogens with one attached hydrogen (secondary N) is 1. The minimum atomic E-state index is -4.97. The van der Waals surface area contributed by atoms with E-state index in [9.17, 15) is 40.7 Å². The molecule has 3 atom stereocenters. The molecule has 2 heterocycles. The number of benzene rings is 3. The van der Waals surface area contributed by atoms with Crippen LogP contribution in [-0.4, -0.2) is 61.6 Å². The van der Waals surface area contributed by atoms with Gasteiger partial charge in [-0.25, -0.2) is 12.8 Å². The molecule has 234 valence electrons. The Bertz CT molecular complexity index is 1650. The molecule has 3 aromatic rings. The van der Waals surface area contributed by atoms with Crippen LogP contribution in [0.4, 0.5) is 23.2 Å². The smallest absolute Gasteiger partial charge is 0.376 e. The van der Waals surface area contributed by atoms with E-state index in [1.807, 2.05) is 0 Å². The molecule has 0 spiro atoms. The van der Waals surface area contributed by atoms with Crippen LogP contribution in [0.25, 0.3) is 0 Å². The number of likely N-dealkylation sites (tertiary alicyclic amines) is 1. The molecule has 2 aliphatic heterocycles. The second-order valence-electron chi connectivity index (χ2n) is 11.2. The number of aryl methyl sites for hydroxylation is 1. The third-order valence-corrected chi connectivity index (χ3v) is 10.1. The lowest BCUT2D eigenvalue weighted by molar-refractivity contribution is -0.258. The number of amides is 2. The molecule has 13 heteroatoms. The average Bonchev–Trinajstić information content (AvgIpc) is 3.45. The van der Waals surface area contributed by atoms with Crippen molar-refractivity contribution in [2.75, 3.05) is 17.4 Å². The standard InChI is InChI=1S/C31H31F4N3O5S/c1-30(41,31(33,34)35)22-8-14-27-21(17-22)7-11-25(38(27)44(42,43)26-12-9-23(32)10-13-26)18-28(39)37-16-15-24(19-37)36-29(40)20-5-3-2-4-6-20/h2-6,8-10,12-14,17,24-25,41H,7,11,15-16,18-19H2,1H3,(H,36,40)/t24?,25-,30?/m0/s1. The Morgan fingerprint density at radius 1 is 1.00 bits per heavy atom. The Morgan fingerprint density at radius 2 is 1.68 bits per heavy atom. The van der Waals surface area contributed by atoms with Crippen molar-refractivity contribution in [3.05, 3.63) is 95.3 Å². The van der Waals surface area contributed by atoms with Gasteiger partial charge in [0, 0.05) is 31.1 Å². The Morgan fingerprint density at radius 3 is 2.34 bits per heavy atom. The van der Waals surface area contributed by atoms with Gasteiger partial charge < -0.3 is 15.3 Å². The van der Waals surface area contributed by atoms with Gasteiger partial charge in [0.1, 0.15) is 5.82 Å². The first kappa shape index (κ1) is 31.5. The molecule has 2 amide bonds. The quantitative estimate of drug-likeness (QED) is 0.372. The van der Waals surface area contributed by atoms with Crippen molar-refractivity contribution in [2.24, 2.45) is 0 Å². The fourth-order valence-electron chi connectivity index (χ4n) is 5.63. The van der Waals surface area contributed by atoms with E-state index in [0.29, 0.717) is 25.5 Å². The van der Waals surface area contributed by atoms with Crippen LogP contribution in [0.15, 0.2) is 77.7 Å². The van der Waals surface area contributed by atoms with Crippen LogP contribution in [0.3, 0.4) is 0 Å². The molecule has 0 radical (unpaired) electrons. The molecule has 8 nitrogen and oxygen atoms in total. The first-order chi connectivity index (χ1) is 20.7. The van der Waals surface area contributed by atoms with Gasteiger partial charge in [-0.3, -0.25) is 13.9 Å². The number of sulfonamides is 1. The van der Waals surface area contributed by atoms with Crippen LogP contribution in [0, 0.1) is 5.82 Å². The molecule has 0 aromatic heterocycles. The molecule has 0 aliphatic carbocycles. The van der Waals surface area contributed by atoms with Gasteiger partial charge in [0.2, 0.25) is 5.91 Å². The van der Waals surface area contributed by atoms with E-state index in [1.165, 1.54) is 6.07 Å². The summed E-state index contributed by atoms with van der Waals surface area (Å²) in [7, 11) is -4.39. The predicted molar refractivity (Wildman–Crippen MR) is 154 cm³/mol. The summed E-state index contributed by atoms with van der Waals surface area (Å²) in [6, 6.07) is 14.9. The van der Waals surface area contributed by atoms with Gasteiger partial charge >= 0.3 is 6.18 Å². The second-order valence-corrected chi connectivity index (χ2v) is 13.0. The minimum Gasteiger partial charge on any atom is -0.376 e. The molecule has 1 saturated heterocycles. The number of hydrogen-bond donors (Lipinski definition) is 2. The maximum absolute atomic E-state index is 13.9. The molecule has 2 aliphatic rings. The summed E-state index contributed by atoms with van der Waals surface area (Å²) in [6.07, 6.45) is -4.42. The maximum Gasteiger partial charge on any atom is 0.421 e. The van der Waals surface area contributed by atoms with Crippen molar-refractivity contribution in [2.45, 2.75) is 61.4 Å². The second kappa shape index (κ2) is 11.8. The lowest BCUT2D eigenvalue weighted by Crippen LogP contribution is -2.47. The highest BCUT2D eigenvalue weighted by Crippen LogP contribution is 2.43. The summed E-state index contributed by atoms with van der Waals surface area (Å²) in [5.74, 6) is -1.27. The van der Waals surface area contributed by atoms with Gasteiger partial charge in [-0.05, 0) is 79.8 Å². The molecule has 0 bridgehead atoms. The summed E-state index contributed by atoms with van der Waals surface area (Å²) in [4.78, 5) is 27.3. The third kappa shape index (κ3) is 6.16. The van der Waals surface area contributed by atoms with Gasteiger partial charge in [-0.1, -0.05) is 30.3 Å². The number of carbonyl (C=O) groups is 2. The number of aliphatic hydroxyl groups is 1. The van der Waals surface area contributed by atoms with Gasteiger partial charge in [-0.2, -0.15) is 13.2 Å². The first-order valence-electron chi connectivity index (χ1n) is 14.0. The Balaban J connectivity index is 1.40. The molecule has 1 fully saturated rings. The number of nitrogens with zero attached hydrogens (tertiary/aromatic N) is 2. The normalized spacial score (nSPS) is 20.1. The number of fused-ring (bicyclic) bond motifs is 1. The van der Waals surface area contributed by atoms with Crippen LogP contribution in [0.2, 0.25) is 0 Å². The van der Waals surface area contributed by atoms with Crippen molar-refractivity contribution < 1.29 is 40.7 Å². The van der Waals surface area contributed by atoms with Gasteiger partial charge in [0.05, 0.1) is 16.6 Å². The molecular formula is C31H31F4N3O5S. The summed E-state index contributed by atoms with van der Waals surface area (Å²) >= 11 is 0. The predicted octanol–water partition coefficient (Wildman–Crippen LogP) is 4.53. The highest BCUT2D eigenvalue weighted by Gasteiger charge is 2.51. The summed E-state index contributed by atoms with van der Waals surface area (Å²) in [5, 5.41) is 13.1. The fourth-order valence-corrected chi connectivity index (χ4v) is 7.34. The fraction of sp³-hybridized carbons (Fsp3) is 0.355. The van der Waals surface area contributed by atoms with Crippen LogP contribution in [-0.2, 0) is 26.8 Å².